The molecule has 0 N–H and O–H groups in total. The van der Waals surface area contributed by atoms with Crippen LogP contribution in [0.15, 0.2) is 50.4 Å². The molecule has 1 aliphatic rings. The van der Waals surface area contributed by atoms with Gasteiger partial charge in [0.2, 0.25) is 10.0 Å². The van der Waals surface area contributed by atoms with E-state index in [1.165, 1.54) is 21.3 Å². The highest BCUT2D eigenvalue weighted by molar-refractivity contribution is 9.10. The fourth-order valence-corrected chi connectivity index (χ4v) is 4.78. The highest BCUT2D eigenvalue weighted by Crippen LogP contribution is 2.26. The van der Waals surface area contributed by atoms with Crippen LogP contribution in [-0.2, 0) is 16.6 Å². The number of rotatable bonds is 5. The number of benzene rings is 1. The van der Waals surface area contributed by atoms with E-state index in [4.69, 9.17) is 4.42 Å². The van der Waals surface area contributed by atoms with E-state index in [1.807, 2.05) is 0 Å². The fraction of sp³-hybridized carbons (Fsp3) is 0.353. The Bertz CT molecular complexity index is 859. The lowest BCUT2D eigenvalue weighted by Crippen LogP contribution is -2.29. The van der Waals surface area contributed by atoms with Crippen LogP contribution in [0.2, 0.25) is 0 Å². The Hall–Kier alpha value is -1.64. The number of hydrogen-bond donors (Lipinski definition) is 0. The molecule has 2 aromatic rings. The van der Waals surface area contributed by atoms with Crippen molar-refractivity contribution in [2.75, 3.05) is 20.1 Å². The zero-order valence-electron chi connectivity index (χ0n) is 13.8. The fourth-order valence-electron chi connectivity index (χ4n) is 2.82. The average molecular weight is 427 g/mol. The summed E-state index contributed by atoms with van der Waals surface area (Å²) in [5.41, 5.74) is 0.314. The maximum Gasteiger partial charge on any atom is 0.255 e. The molecule has 1 fully saturated rings. The van der Waals surface area contributed by atoms with Gasteiger partial charge in [-0.2, -0.15) is 4.31 Å². The van der Waals surface area contributed by atoms with Crippen molar-refractivity contribution < 1.29 is 17.6 Å². The summed E-state index contributed by atoms with van der Waals surface area (Å²) in [5.74, 6) is 0.384. The molecule has 0 spiro atoms. The van der Waals surface area contributed by atoms with Gasteiger partial charge in [-0.25, -0.2) is 8.42 Å². The summed E-state index contributed by atoms with van der Waals surface area (Å²) in [7, 11) is -1.91. The maximum absolute atomic E-state index is 12.7. The third kappa shape index (κ3) is 3.80. The predicted molar refractivity (Wildman–Crippen MR) is 96.6 cm³/mol. The van der Waals surface area contributed by atoms with Gasteiger partial charge in [-0.05, 0) is 59.1 Å². The van der Waals surface area contributed by atoms with E-state index in [1.54, 1.807) is 31.5 Å². The second kappa shape index (κ2) is 7.31. The number of nitrogens with zero attached hydrogens (tertiary/aromatic N) is 2. The van der Waals surface area contributed by atoms with Gasteiger partial charge in [0, 0.05) is 24.6 Å². The van der Waals surface area contributed by atoms with Gasteiger partial charge in [-0.15, -0.1) is 0 Å². The first kappa shape index (κ1) is 18.2. The van der Waals surface area contributed by atoms with Crippen molar-refractivity contribution in [3.8, 4) is 0 Å². The third-order valence-corrected chi connectivity index (χ3v) is 6.78. The molecule has 6 nitrogen and oxygen atoms in total. The van der Waals surface area contributed by atoms with Crippen LogP contribution in [0.5, 0.6) is 0 Å². The van der Waals surface area contributed by atoms with Crippen LogP contribution < -0.4 is 0 Å². The predicted octanol–water partition coefficient (Wildman–Crippen LogP) is 3.10. The summed E-state index contributed by atoms with van der Waals surface area (Å²) in [4.78, 5) is 14.4. The normalized spacial score (nSPS) is 15.4. The number of hydrogen-bond acceptors (Lipinski definition) is 4. The Labute approximate surface area is 155 Å². The van der Waals surface area contributed by atoms with E-state index < -0.39 is 10.0 Å². The van der Waals surface area contributed by atoms with Crippen molar-refractivity contribution in [2.45, 2.75) is 24.3 Å². The summed E-state index contributed by atoms with van der Waals surface area (Å²) in [6.07, 6.45) is 3.29. The lowest BCUT2D eigenvalue weighted by Gasteiger charge is -2.19. The quantitative estimate of drug-likeness (QED) is 0.736. The second-order valence-electron chi connectivity index (χ2n) is 5.99. The molecule has 0 bridgehead atoms. The molecule has 1 saturated heterocycles. The minimum absolute atomic E-state index is 0.146. The number of carbonyl (C=O) groups excluding carboxylic acids is 1. The summed E-state index contributed by atoms with van der Waals surface area (Å²) >= 11 is 3.35. The Morgan fingerprint density at radius 3 is 2.64 bits per heavy atom. The van der Waals surface area contributed by atoms with Crippen molar-refractivity contribution in [1.82, 2.24) is 9.21 Å². The minimum atomic E-state index is -3.56. The van der Waals surface area contributed by atoms with E-state index in [-0.39, 0.29) is 10.8 Å². The molecule has 1 aromatic carbocycles. The number of sulfonamides is 1. The molecule has 2 heterocycles. The molecule has 1 amide bonds. The van der Waals surface area contributed by atoms with E-state index in [2.05, 4.69) is 15.9 Å². The lowest BCUT2D eigenvalue weighted by atomic mass is 10.2. The number of furan rings is 1. The SMILES string of the molecule is CN(Cc1ccco1)C(=O)c1cc(S(=O)(=O)N2CCCC2)ccc1Br. The van der Waals surface area contributed by atoms with Gasteiger partial charge in [0.15, 0.2) is 0 Å². The average Bonchev–Trinajstić information content (AvgIpc) is 3.28. The van der Waals surface area contributed by atoms with E-state index in [0.29, 0.717) is 35.4 Å². The molecule has 0 saturated carbocycles. The molecule has 8 heteroatoms. The van der Waals surface area contributed by atoms with Crippen molar-refractivity contribution >= 4 is 31.9 Å². The first-order valence-corrected chi connectivity index (χ1v) is 10.2. The molecule has 1 aliphatic heterocycles. The van der Waals surface area contributed by atoms with Crippen molar-refractivity contribution in [3.05, 3.63) is 52.4 Å². The molecule has 0 aliphatic carbocycles. The molecule has 3 rings (SSSR count). The Morgan fingerprint density at radius 1 is 1.28 bits per heavy atom. The Balaban J connectivity index is 1.87. The number of carbonyl (C=O) groups is 1. The monoisotopic (exact) mass is 426 g/mol. The minimum Gasteiger partial charge on any atom is -0.467 e. The van der Waals surface area contributed by atoms with Crippen LogP contribution in [0.3, 0.4) is 0 Å². The van der Waals surface area contributed by atoms with Crippen LogP contribution in [0.4, 0.5) is 0 Å². The van der Waals surface area contributed by atoms with E-state index >= 15 is 0 Å². The summed E-state index contributed by atoms with van der Waals surface area (Å²) in [5, 5.41) is 0. The molecule has 25 heavy (non-hydrogen) atoms. The number of halogens is 1. The molecular weight excluding hydrogens is 408 g/mol. The van der Waals surface area contributed by atoms with Gasteiger partial charge in [0.1, 0.15) is 5.76 Å². The van der Waals surface area contributed by atoms with Gasteiger partial charge in [0.25, 0.3) is 5.91 Å². The first-order valence-electron chi connectivity index (χ1n) is 7.97. The highest BCUT2D eigenvalue weighted by atomic mass is 79.9. The first-order chi connectivity index (χ1) is 11.9. The van der Waals surface area contributed by atoms with E-state index in [9.17, 15) is 13.2 Å². The molecular formula is C17H19BrN2O4S. The Morgan fingerprint density at radius 2 is 2.00 bits per heavy atom. The van der Waals surface area contributed by atoms with Crippen LogP contribution in [0.1, 0.15) is 29.0 Å². The van der Waals surface area contributed by atoms with E-state index in [0.717, 1.165) is 12.8 Å². The maximum atomic E-state index is 12.7. The van der Waals surface area contributed by atoms with Crippen molar-refractivity contribution in [1.29, 1.82) is 0 Å². The zero-order chi connectivity index (χ0) is 18.0. The van der Waals surface area contributed by atoms with Gasteiger partial charge in [-0.3, -0.25) is 4.79 Å². The van der Waals surface area contributed by atoms with Crippen LogP contribution in [-0.4, -0.2) is 43.7 Å². The molecule has 1 aromatic heterocycles. The number of amides is 1. The van der Waals surface area contributed by atoms with Gasteiger partial charge < -0.3 is 9.32 Å². The second-order valence-corrected chi connectivity index (χ2v) is 8.79. The van der Waals surface area contributed by atoms with Crippen LogP contribution >= 0.6 is 15.9 Å². The van der Waals surface area contributed by atoms with Crippen LogP contribution in [0.25, 0.3) is 0 Å². The lowest BCUT2D eigenvalue weighted by molar-refractivity contribution is 0.0774. The standard InChI is InChI=1S/C17H19BrN2O4S/c1-19(12-13-5-4-10-24-13)17(21)15-11-14(6-7-16(15)18)25(22,23)20-8-2-3-9-20/h4-7,10-11H,2-3,8-9,12H2,1H3. The molecule has 134 valence electrons. The molecule has 0 unspecified atom stereocenters. The van der Waals surface area contributed by atoms with Gasteiger partial charge in [0.05, 0.1) is 23.3 Å². The van der Waals surface area contributed by atoms with Crippen molar-refractivity contribution in [2.24, 2.45) is 0 Å². The topological polar surface area (TPSA) is 70.8 Å². The highest BCUT2D eigenvalue weighted by Gasteiger charge is 2.28. The van der Waals surface area contributed by atoms with Crippen LogP contribution in [0, 0.1) is 0 Å². The summed E-state index contributed by atoms with van der Waals surface area (Å²) in [6, 6.07) is 8.12. The molecule has 0 radical (unpaired) electrons. The third-order valence-electron chi connectivity index (χ3n) is 4.19. The van der Waals surface area contributed by atoms with Gasteiger partial charge in [-0.1, -0.05) is 0 Å². The van der Waals surface area contributed by atoms with Crippen molar-refractivity contribution in [3.63, 3.8) is 0 Å². The van der Waals surface area contributed by atoms with Gasteiger partial charge >= 0.3 is 0 Å². The molecule has 0 atom stereocenters. The summed E-state index contributed by atoms with van der Waals surface area (Å²) in [6.45, 7) is 1.36. The Kier molecular flexibility index (Phi) is 5.31. The largest absolute Gasteiger partial charge is 0.467 e. The summed E-state index contributed by atoms with van der Waals surface area (Å²) < 4.78 is 32.7. The smallest absolute Gasteiger partial charge is 0.255 e. The zero-order valence-corrected chi connectivity index (χ0v) is 16.2.